The molecule has 1 nitrogen and oxygen atoms in total. The molecule has 2 rings (SSSR count). The van der Waals surface area contributed by atoms with Gasteiger partial charge < -0.3 is 5.11 Å². The minimum absolute atomic E-state index is 0.102. The maximum absolute atomic E-state index is 10.7. The Morgan fingerprint density at radius 1 is 1.11 bits per heavy atom. The van der Waals surface area contributed by atoms with Gasteiger partial charge in [0.25, 0.3) is 0 Å². The van der Waals surface area contributed by atoms with Gasteiger partial charge in [-0.2, -0.15) is 0 Å². The monoisotopic (exact) mass is 242 g/mol. The summed E-state index contributed by atoms with van der Waals surface area (Å²) in [5, 5.41) is 13.1. The molecule has 0 aliphatic carbocycles. The van der Waals surface area contributed by atoms with Crippen LogP contribution in [0.5, 0.6) is 0 Å². The second kappa shape index (κ2) is 4.74. The number of hydrogen-bond donors (Lipinski definition) is 1. The topological polar surface area (TPSA) is 20.2 Å². The highest BCUT2D eigenvalue weighted by Crippen LogP contribution is 2.40. The molecule has 0 heterocycles. The minimum atomic E-state index is -0.423. The molecule has 0 saturated heterocycles. The van der Waals surface area contributed by atoms with Crippen molar-refractivity contribution in [1.29, 1.82) is 0 Å². The molecule has 0 radical (unpaired) electrons. The zero-order valence-corrected chi connectivity index (χ0v) is 11.7. The van der Waals surface area contributed by atoms with Gasteiger partial charge >= 0.3 is 0 Å². The molecular formula is C17H22O. The Labute approximate surface area is 109 Å². The largest absolute Gasteiger partial charge is 0.388 e. The number of aliphatic hydroxyl groups excluding tert-OH is 1. The Morgan fingerprint density at radius 2 is 1.78 bits per heavy atom. The normalized spacial score (nSPS) is 13.8. The lowest BCUT2D eigenvalue weighted by Gasteiger charge is -2.31. The van der Waals surface area contributed by atoms with E-state index in [4.69, 9.17) is 0 Å². The summed E-state index contributed by atoms with van der Waals surface area (Å²) in [4.78, 5) is 0. The van der Waals surface area contributed by atoms with Gasteiger partial charge in [-0.05, 0) is 40.7 Å². The van der Waals surface area contributed by atoms with Gasteiger partial charge in [-0.1, -0.05) is 57.2 Å². The van der Waals surface area contributed by atoms with Crippen molar-refractivity contribution in [3.05, 3.63) is 47.5 Å². The summed E-state index contributed by atoms with van der Waals surface area (Å²) >= 11 is 0. The van der Waals surface area contributed by atoms with Crippen molar-refractivity contribution in [1.82, 2.24) is 0 Å². The number of hydrogen-bond acceptors (Lipinski definition) is 1. The fourth-order valence-corrected chi connectivity index (χ4v) is 2.35. The summed E-state index contributed by atoms with van der Waals surface area (Å²) in [5.74, 6) is 0. The van der Waals surface area contributed by atoms with Crippen molar-refractivity contribution in [2.45, 2.75) is 40.2 Å². The van der Waals surface area contributed by atoms with Gasteiger partial charge in [0, 0.05) is 0 Å². The maximum atomic E-state index is 10.7. The summed E-state index contributed by atoms with van der Waals surface area (Å²) in [5.41, 5.74) is 2.15. The Morgan fingerprint density at radius 3 is 2.44 bits per heavy atom. The summed E-state index contributed by atoms with van der Waals surface area (Å²) in [6, 6.07) is 12.5. The number of benzene rings is 2. The number of aryl methyl sites for hydroxylation is 1. The van der Waals surface area contributed by atoms with Crippen LogP contribution >= 0.6 is 0 Å². The van der Waals surface area contributed by atoms with Crippen molar-refractivity contribution in [3.8, 4) is 0 Å². The van der Waals surface area contributed by atoms with Gasteiger partial charge in [-0.15, -0.1) is 0 Å². The van der Waals surface area contributed by atoms with Crippen LogP contribution in [-0.4, -0.2) is 5.11 Å². The van der Waals surface area contributed by atoms with E-state index in [2.05, 4.69) is 52.0 Å². The Bertz CT molecular complexity index is 555. The van der Waals surface area contributed by atoms with Crippen LogP contribution in [0.4, 0.5) is 0 Å². The number of rotatable bonds is 3. The van der Waals surface area contributed by atoms with Gasteiger partial charge in [0.05, 0.1) is 6.10 Å². The van der Waals surface area contributed by atoms with Gasteiger partial charge in [0.1, 0.15) is 0 Å². The second-order valence-corrected chi connectivity index (χ2v) is 5.76. The fraction of sp³-hybridized carbons (Fsp3) is 0.412. The molecule has 18 heavy (non-hydrogen) atoms. The van der Waals surface area contributed by atoms with E-state index < -0.39 is 6.10 Å². The molecule has 2 aromatic rings. The number of aliphatic hydroxyl groups is 1. The first kappa shape index (κ1) is 13.1. The third-order valence-electron chi connectivity index (χ3n) is 4.11. The van der Waals surface area contributed by atoms with Crippen molar-refractivity contribution >= 4 is 10.8 Å². The Hall–Kier alpha value is -1.34. The van der Waals surface area contributed by atoms with E-state index in [-0.39, 0.29) is 5.41 Å². The summed E-state index contributed by atoms with van der Waals surface area (Å²) < 4.78 is 0. The lowest BCUT2D eigenvalue weighted by atomic mass is 9.78. The number of fused-ring (bicyclic) bond motifs is 1. The summed E-state index contributed by atoms with van der Waals surface area (Å²) in [6.07, 6.45) is 0.533. The predicted octanol–water partition coefficient (Wildman–Crippen LogP) is 4.62. The minimum Gasteiger partial charge on any atom is -0.388 e. The van der Waals surface area contributed by atoms with Gasteiger partial charge in [-0.3, -0.25) is 0 Å². The van der Waals surface area contributed by atoms with Crippen molar-refractivity contribution < 1.29 is 5.11 Å². The van der Waals surface area contributed by atoms with E-state index in [0.717, 1.165) is 12.0 Å². The first-order valence-electron chi connectivity index (χ1n) is 6.63. The van der Waals surface area contributed by atoms with Crippen LogP contribution in [-0.2, 0) is 0 Å². The van der Waals surface area contributed by atoms with Crippen LogP contribution in [0.25, 0.3) is 10.8 Å². The quantitative estimate of drug-likeness (QED) is 0.832. The molecule has 0 amide bonds. The third kappa shape index (κ3) is 2.15. The Balaban J connectivity index is 2.66. The maximum Gasteiger partial charge on any atom is 0.0849 e. The fourth-order valence-electron chi connectivity index (χ4n) is 2.35. The third-order valence-corrected chi connectivity index (χ3v) is 4.11. The lowest BCUT2D eigenvalue weighted by Crippen LogP contribution is -2.22. The highest BCUT2D eigenvalue weighted by atomic mass is 16.3. The average molecular weight is 242 g/mol. The molecule has 0 aliphatic heterocycles. The molecule has 0 aromatic heterocycles. The molecule has 96 valence electrons. The first-order chi connectivity index (χ1) is 8.47. The van der Waals surface area contributed by atoms with E-state index in [0.29, 0.717) is 0 Å². The predicted molar refractivity (Wildman–Crippen MR) is 77.7 cm³/mol. The van der Waals surface area contributed by atoms with Gasteiger partial charge in [-0.25, -0.2) is 0 Å². The smallest absolute Gasteiger partial charge is 0.0849 e. The molecule has 1 heteroatoms. The summed E-state index contributed by atoms with van der Waals surface area (Å²) in [7, 11) is 0. The van der Waals surface area contributed by atoms with Gasteiger partial charge in [0.15, 0.2) is 0 Å². The van der Waals surface area contributed by atoms with Crippen LogP contribution in [0.3, 0.4) is 0 Å². The molecule has 1 unspecified atom stereocenters. The molecule has 0 fully saturated rings. The van der Waals surface area contributed by atoms with Crippen LogP contribution in [0.15, 0.2) is 36.4 Å². The molecule has 1 N–H and O–H groups in total. The highest BCUT2D eigenvalue weighted by Gasteiger charge is 2.29. The molecular weight excluding hydrogens is 220 g/mol. The van der Waals surface area contributed by atoms with Crippen molar-refractivity contribution in [2.24, 2.45) is 5.41 Å². The van der Waals surface area contributed by atoms with Crippen molar-refractivity contribution in [3.63, 3.8) is 0 Å². The molecule has 0 saturated carbocycles. The highest BCUT2D eigenvalue weighted by molar-refractivity contribution is 5.87. The zero-order valence-electron chi connectivity index (χ0n) is 11.7. The summed E-state index contributed by atoms with van der Waals surface area (Å²) in [6.45, 7) is 8.46. The standard InChI is InChI=1S/C17H22O/c1-5-17(3,4)16(18)15-12(2)10-11-13-8-6-7-9-14(13)15/h6-11,16,18H,5H2,1-4H3. The average Bonchev–Trinajstić information content (AvgIpc) is 2.38. The van der Waals surface area contributed by atoms with Gasteiger partial charge in [0.2, 0.25) is 0 Å². The van der Waals surface area contributed by atoms with Crippen LogP contribution in [0.2, 0.25) is 0 Å². The zero-order chi connectivity index (χ0) is 13.3. The van der Waals surface area contributed by atoms with E-state index >= 15 is 0 Å². The van der Waals surface area contributed by atoms with Crippen LogP contribution in [0, 0.1) is 12.3 Å². The lowest BCUT2D eigenvalue weighted by molar-refractivity contribution is 0.0473. The van der Waals surface area contributed by atoms with E-state index in [9.17, 15) is 5.11 Å². The van der Waals surface area contributed by atoms with Crippen molar-refractivity contribution in [2.75, 3.05) is 0 Å². The molecule has 1 atom stereocenters. The molecule has 0 bridgehead atoms. The first-order valence-corrected chi connectivity index (χ1v) is 6.63. The molecule has 2 aromatic carbocycles. The molecule has 0 aliphatic rings. The Kier molecular flexibility index (Phi) is 3.45. The van der Waals surface area contributed by atoms with Crippen LogP contribution in [0.1, 0.15) is 44.4 Å². The van der Waals surface area contributed by atoms with E-state index in [1.165, 1.54) is 16.3 Å². The SMILES string of the molecule is CCC(C)(C)C(O)c1c(C)ccc2ccccc12. The van der Waals surface area contributed by atoms with Crippen LogP contribution < -0.4 is 0 Å². The second-order valence-electron chi connectivity index (χ2n) is 5.76. The molecule has 0 spiro atoms. The van der Waals surface area contributed by atoms with E-state index in [1.54, 1.807) is 0 Å². The van der Waals surface area contributed by atoms with E-state index in [1.807, 2.05) is 12.1 Å².